The van der Waals surface area contributed by atoms with Crippen LogP contribution in [0.3, 0.4) is 0 Å². The Morgan fingerprint density at radius 2 is 1.71 bits per heavy atom. The topological polar surface area (TPSA) is 118 Å². The molecule has 210 valence electrons. The van der Waals surface area contributed by atoms with Gasteiger partial charge in [-0.25, -0.2) is 31.1 Å². The minimum absolute atomic E-state index is 0.0905. The lowest BCUT2D eigenvalue weighted by Crippen LogP contribution is -2.32. The van der Waals surface area contributed by atoms with Crippen LogP contribution in [-0.2, 0) is 27.7 Å². The number of hydrogen-bond donors (Lipinski definition) is 3. The van der Waals surface area contributed by atoms with Gasteiger partial charge in [-0.15, -0.1) is 0 Å². The Labute approximate surface area is 232 Å². The van der Waals surface area contributed by atoms with Crippen LogP contribution in [0.2, 0.25) is 0 Å². The van der Waals surface area contributed by atoms with Crippen molar-refractivity contribution in [2.45, 2.75) is 23.8 Å². The lowest BCUT2D eigenvalue weighted by atomic mass is 9.95. The van der Waals surface area contributed by atoms with Gasteiger partial charge in [0.25, 0.3) is 0 Å². The summed E-state index contributed by atoms with van der Waals surface area (Å²) in [5, 5.41) is 8.67. The summed E-state index contributed by atoms with van der Waals surface area (Å²) < 4.78 is 79.8. The van der Waals surface area contributed by atoms with E-state index in [4.69, 9.17) is 5.14 Å². The number of rotatable bonds is 8. The minimum Gasteiger partial charge on any atom is -0.361 e. The van der Waals surface area contributed by atoms with E-state index in [9.17, 15) is 30.8 Å². The average molecular weight is 583 g/mol. The molecule has 5 rings (SSSR count). The zero-order valence-corrected chi connectivity index (χ0v) is 22.0. The number of fused-ring (bicyclic) bond motifs is 1. The van der Waals surface area contributed by atoms with Crippen LogP contribution in [0.4, 0.5) is 17.6 Å². The van der Waals surface area contributed by atoms with E-state index in [2.05, 4.69) is 15.3 Å². The van der Waals surface area contributed by atoms with E-state index in [0.717, 1.165) is 30.3 Å². The summed E-state index contributed by atoms with van der Waals surface area (Å²) in [6.07, 6.45) is 2.81. The molecule has 41 heavy (non-hydrogen) atoms. The van der Waals surface area contributed by atoms with Gasteiger partial charge in [0.2, 0.25) is 15.9 Å². The Kier molecular flexibility index (Phi) is 7.61. The first-order chi connectivity index (χ1) is 19.5. The number of nitrogens with one attached hydrogen (secondary N) is 2. The van der Waals surface area contributed by atoms with Gasteiger partial charge in [-0.3, -0.25) is 9.78 Å². The third-order valence-corrected chi connectivity index (χ3v) is 7.42. The van der Waals surface area contributed by atoms with Gasteiger partial charge in [0.1, 0.15) is 28.2 Å². The van der Waals surface area contributed by atoms with Gasteiger partial charge < -0.3 is 10.3 Å². The van der Waals surface area contributed by atoms with Crippen molar-refractivity contribution in [1.82, 2.24) is 15.3 Å². The van der Waals surface area contributed by atoms with Crippen LogP contribution in [0.25, 0.3) is 22.0 Å². The molecule has 0 unspecified atom stereocenters. The number of carbonyl (C=O) groups is 1. The minimum atomic E-state index is -4.40. The zero-order chi connectivity index (χ0) is 29.3. The van der Waals surface area contributed by atoms with Crippen molar-refractivity contribution >= 4 is 26.8 Å². The number of primary sulfonamides is 1. The molecule has 0 bridgehead atoms. The Hall–Kier alpha value is -4.55. The predicted octanol–water partition coefficient (Wildman–Crippen LogP) is 5.08. The summed E-state index contributed by atoms with van der Waals surface area (Å²) in [7, 11) is -4.40. The van der Waals surface area contributed by atoms with E-state index in [1.54, 1.807) is 24.4 Å². The Morgan fingerprint density at radius 3 is 2.44 bits per heavy atom. The number of benzene rings is 3. The van der Waals surface area contributed by atoms with E-state index in [0.29, 0.717) is 22.0 Å². The third-order valence-electron chi connectivity index (χ3n) is 6.50. The highest BCUT2D eigenvalue weighted by atomic mass is 32.2. The first-order valence-electron chi connectivity index (χ1n) is 12.3. The quantitative estimate of drug-likeness (QED) is 0.221. The maximum Gasteiger partial charge on any atom is 0.240 e. The Balaban J connectivity index is 1.54. The van der Waals surface area contributed by atoms with Crippen molar-refractivity contribution in [2.75, 3.05) is 0 Å². The Bertz CT molecular complexity index is 1870. The second kappa shape index (κ2) is 11.1. The summed E-state index contributed by atoms with van der Waals surface area (Å²) in [5.74, 6) is -3.58. The van der Waals surface area contributed by atoms with Crippen LogP contribution < -0.4 is 10.5 Å². The van der Waals surface area contributed by atoms with Crippen molar-refractivity contribution in [3.63, 3.8) is 0 Å². The van der Waals surface area contributed by atoms with Gasteiger partial charge in [-0.1, -0.05) is 12.1 Å². The molecule has 5 aromatic rings. The molecule has 2 aromatic heterocycles. The monoisotopic (exact) mass is 582 g/mol. The van der Waals surface area contributed by atoms with E-state index in [1.165, 1.54) is 24.4 Å². The van der Waals surface area contributed by atoms with Crippen LogP contribution in [0, 0.1) is 23.3 Å². The SMILES string of the molecule is NS(=O)(=O)c1cc(-c2cccnc2[C@H](Cc2cc(F)cc(F)c2)NC(=O)Cc2c[nH]c3cc(F)ccc23)ccc1F. The van der Waals surface area contributed by atoms with E-state index >= 15 is 0 Å². The molecule has 0 aliphatic heterocycles. The Morgan fingerprint density at radius 1 is 0.951 bits per heavy atom. The fraction of sp³-hybridized carbons (Fsp3) is 0.103. The zero-order valence-electron chi connectivity index (χ0n) is 21.2. The van der Waals surface area contributed by atoms with Crippen molar-refractivity contribution in [3.05, 3.63) is 119 Å². The van der Waals surface area contributed by atoms with E-state index < -0.39 is 50.1 Å². The van der Waals surface area contributed by atoms with Crippen LogP contribution in [0.15, 0.2) is 84.0 Å². The summed E-state index contributed by atoms with van der Waals surface area (Å²) in [6, 6.07) is 12.6. The van der Waals surface area contributed by atoms with Gasteiger partial charge in [-0.2, -0.15) is 0 Å². The molecular formula is C29H22F4N4O3S. The number of nitrogens with two attached hydrogens (primary N) is 1. The van der Waals surface area contributed by atoms with Gasteiger partial charge in [0, 0.05) is 34.9 Å². The number of aromatic nitrogens is 2. The molecular weight excluding hydrogens is 560 g/mol. The van der Waals surface area contributed by atoms with Crippen molar-refractivity contribution in [3.8, 4) is 11.1 Å². The number of aromatic amines is 1. The van der Waals surface area contributed by atoms with E-state index in [1.807, 2.05) is 0 Å². The average Bonchev–Trinajstić information content (AvgIpc) is 3.28. The molecule has 0 fully saturated rings. The number of carbonyl (C=O) groups excluding carboxylic acids is 1. The smallest absolute Gasteiger partial charge is 0.240 e. The van der Waals surface area contributed by atoms with Gasteiger partial charge in [0.15, 0.2) is 0 Å². The second-order valence-corrected chi connectivity index (χ2v) is 10.9. The van der Waals surface area contributed by atoms with Gasteiger partial charge in [-0.05, 0) is 71.6 Å². The van der Waals surface area contributed by atoms with Crippen molar-refractivity contribution < 1.29 is 30.8 Å². The molecule has 0 aliphatic rings. The second-order valence-electron chi connectivity index (χ2n) is 9.41. The molecule has 1 atom stereocenters. The number of sulfonamides is 1. The largest absolute Gasteiger partial charge is 0.361 e. The van der Waals surface area contributed by atoms with Crippen LogP contribution in [-0.4, -0.2) is 24.3 Å². The van der Waals surface area contributed by atoms with E-state index in [-0.39, 0.29) is 29.7 Å². The van der Waals surface area contributed by atoms with Crippen LogP contribution in [0.5, 0.6) is 0 Å². The van der Waals surface area contributed by atoms with Gasteiger partial charge >= 0.3 is 0 Å². The molecule has 0 aliphatic carbocycles. The maximum atomic E-state index is 14.3. The highest BCUT2D eigenvalue weighted by molar-refractivity contribution is 7.89. The number of pyridine rings is 1. The number of nitrogens with zero attached hydrogens (tertiary/aromatic N) is 1. The van der Waals surface area contributed by atoms with Crippen LogP contribution in [0.1, 0.15) is 22.9 Å². The molecule has 3 aromatic carbocycles. The molecule has 7 nitrogen and oxygen atoms in total. The molecule has 0 saturated heterocycles. The standard InChI is InChI=1S/C29H22F4N4O3S/c30-19-4-5-22-18(15-36-25(22)14-19)12-28(38)37-26(10-16-8-20(31)13-21(32)9-16)29-23(2-1-7-35-29)17-3-6-24(33)27(11-17)41(34,39)40/h1-9,11,13-15,26,36H,10,12H2,(H,37,38)(H2,34,39,40)/t26-/m0/s1. The van der Waals surface area contributed by atoms with Gasteiger partial charge in [0.05, 0.1) is 18.2 Å². The summed E-state index contributed by atoms with van der Waals surface area (Å²) in [6.45, 7) is 0. The first kappa shape index (κ1) is 28.0. The number of halogens is 4. The third kappa shape index (κ3) is 6.28. The molecule has 0 radical (unpaired) electrons. The van der Waals surface area contributed by atoms with Crippen molar-refractivity contribution in [1.29, 1.82) is 0 Å². The molecule has 2 heterocycles. The predicted molar refractivity (Wildman–Crippen MR) is 144 cm³/mol. The number of H-pyrrole nitrogens is 1. The van der Waals surface area contributed by atoms with Crippen molar-refractivity contribution in [2.24, 2.45) is 5.14 Å². The number of amides is 1. The molecule has 4 N–H and O–H groups in total. The lowest BCUT2D eigenvalue weighted by molar-refractivity contribution is -0.121. The number of hydrogen-bond acceptors (Lipinski definition) is 4. The maximum absolute atomic E-state index is 14.3. The fourth-order valence-corrected chi connectivity index (χ4v) is 5.36. The molecule has 0 saturated carbocycles. The molecule has 12 heteroatoms. The summed E-state index contributed by atoms with van der Waals surface area (Å²) >= 11 is 0. The summed E-state index contributed by atoms with van der Waals surface area (Å²) in [5.41, 5.74) is 2.12. The lowest BCUT2D eigenvalue weighted by Gasteiger charge is -2.22. The normalized spacial score (nSPS) is 12.4. The fourth-order valence-electron chi connectivity index (χ4n) is 4.73. The highest BCUT2D eigenvalue weighted by Gasteiger charge is 2.24. The summed E-state index contributed by atoms with van der Waals surface area (Å²) in [4.78, 5) is 19.9. The van der Waals surface area contributed by atoms with Crippen LogP contribution >= 0.6 is 0 Å². The molecule has 0 spiro atoms. The molecule has 1 amide bonds. The highest BCUT2D eigenvalue weighted by Crippen LogP contribution is 2.31. The first-order valence-corrected chi connectivity index (χ1v) is 13.8.